The molecular formula is C19H23BrO. The van der Waals surface area contributed by atoms with Gasteiger partial charge in [-0.3, -0.25) is 0 Å². The van der Waals surface area contributed by atoms with E-state index in [1.165, 1.54) is 33.4 Å². The van der Waals surface area contributed by atoms with E-state index in [9.17, 15) is 0 Å². The Balaban J connectivity index is 2.26. The molecule has 0 aliphatic heterocycles. The lowest BCUT2D eigenvalue weighted by molar-refractivity contribution is 0.202. The Kier molecular flexibility index (Phi) is 5.60. The van der Waals surface area contributed by atoms with Crippen LogP contribution < -0.4 is 0 Å². The summed E-state index contributed by atoms with van der Waals surface area (Å²) in [6, 6.07) is 13.3. The number of aryl methyl sites for hydroxylation is 3. The molecule has 21 heavy (non-hydrogen) atoms. The van der Waals surface area contributed by atoms with Crippen molar-refractivity contribution in [3.63, 3.8) is 0 Å². The van der Waals surface area contributed by atoms with Crippen LogP contribution in [0.2, 0.25) is 0 Å². The Morgan fingerprint density at radius 3 is 2.10 bits per heavy atom. The van der Waals surface area contributed by atoms with Gasteiger partial charge in [-0.15, -0.1) is 0 Å². The fourth-order valence-corrected chi connectivity index (χ4v) is 3.86. The van der Waals surface area contributed by atoms with Gasteiger partial charge >= 0.3 is 0 Å². The zero-order valence-corrected chi connectivity index (χ0v) is 14.8. The van der Waals surface area contributed by atoms with Crippen LogP contribution in [0.3, 0.4) is 0 Å². The summed E-state index contributed by atoms with van der Waals surface area (Å²) in [5.74, 6) is 0. The van der Waals surface area contributed by atoms with E-state index in [1.807, 2.05) is 0 Å². The minimum Gasteiger partial charge on any atom is -0.384 e. The number of hydrogen-bond donors (Lipinski definition) is 0. The molecule has 0 radical (unpaired) electrons. The molecule has 0 bridgehead atoms. The summed E-state index contributed by atoms with van der Waals surface area (Å²) in [5, 5.41) is 0. The van der Waals surface area contributed by atoms with E-state index in [-0.39, 0.29) is 4.83 Å². The van der Waals surface area contributed by atoms with Crippen LogP contribution in [0.25, 0.3) is 0 Å². The van der Waals surface area contributed by atoms with Crippen molar-refractivity contribution in [2.75, 3.05) is 13.7 Å². The van der Waals surface area contributed by atoms with Gasteiger partial charge in [0.05, 0.1) is 11.4 Å². The second-order valence-corrected chi connectivity index (χ2v) is 6.58. The zero-order valence-electron chi connectivity index (χ0n) is 13.2. The summed E-state index contributed by atoms with van der Waals surface area (Å²) in [6.45, 7) is 7.30. The van der Waals surface area contributed by atoms with Gasteiger partial charge in [-0.2, -0.15) is 0 Å². The van der Waals surface area contributed by atoms with Crippen molar-refractivity contribution in [1.29, 1.82) is 0 Å². The minimum absolute atomic E-state index is 0.245. The number of alkyl halides is 1. The Bertz CT molecular complexity index is 578. The highest BCUT2D eigenvalue weighted by Gasteiger charge is 2.15. The maximum absolute atomic E-state index is 5.13. The fraction of sp³-hybridized carbons (Fsp3) is 0.368. The fourth-order valence-electron chi connectivity index (χ4n) is 2.83. The molecule has 0 amide bonds. The molecule has 2 aromatic carbocycles. The predicted molar refractivity (Wildman–Crippen MR) is 93.4 cm³/mol. The number of rotatable bonds is 5. The summed E-state index contributed by atoms with van der Waals surface area (Å²) in [4.78, 5) is 0.245. The molecule has 0 aliphatic carbocycles. The van der Waals surface area contributed by atoms with E-state index >= 15 is 0 Å². The van der Waals surface area contributed by atoms with Gasteiger partial charge in [-0.05, 0) is 55.0 Å². The smallest absolute Gasteiger partial charge is 0.0649 e. The van der Waals surface area contributed by atoms with Crippen molar-refractivity contribution in [1.82, 2.24) is 0 Å². The average Bonchev–Trinajstić information content (AvgIpc) is 2.44. The van der Waals surface area contributed by atoms with Gasteiger partial charge in [-0.1, -0.05) is 57.9 Å². The van der Waals surface area contributed by atoms with Gasteiger partial charge in [0.1, 0.15) is 0 Å². The van der Waals surface area contributed by atoms with E-state index < -0.39 is 0 Å². The molecular weight excluding hydrogens is 324 g/mol. The first-order valence-electron chi connectivity index (χ1n) is 7.32. The molecule has 112 valence electrons. The third-order valence-corrected chi connectivity index (χ3v) is 4.85. The largest absolute Gasteiger partial charge is 0.384 e. The number of benzene rings is 2. The van der Waals surface area contributed by atoms with E-state index in [4.69, 9.17) is 4.74 Å². The molecule has 0 heterocycles. The number of hydrogen-bond acceptors (Lipinski definition) is 1. The van der Waals surface area contributed by atoms with Gasteiger partial charge in [0.25, 0.3) is 0 Å². The average molecular weight is 347 g/mol. The summed E-state index contributed by atoms with van der Waals surface area (Å²) in [5.41, 5.74) is 8.01. The molecule has 2 rings (SSSR count). The molecule has 0 aliphatic rings. The molecule has 0 saturated carbocycles. The molecule has 2 heteroatoms. The third-order valence-electron chi connectivity index (χ3n) is 3.86. The Labute approximate surface area is 136 Å². The summed E-state index contributed by atoms with van der Waals surface area (Å²) < 4.78 is 5.13. The van der Waals surface area contributed by atoms with Crippen molar-refractivity contribution in [2.24, 2.45) is 0 Å². The highest BCUT2D eigenvalue weighted by molar-refractivity contribution is 9.09. The monoisotopic (exact) mass is 346 g/mol. The van der Waals surface area contributed by atoms with Crippen molar-refractivity contribution in [3.8, 4) is 0 Å². The van der Waals surface area contributed by atoms with Gasteiger partial charge in [0.15, 0.2) is 0 Å². The summed E-state index contributed by atoms with van der Waals surface area (Å²) in [7, 11) is 1.74. The van der Waals surface area contributed by atoms with Crippen molar-refractivity contribution < 1.29 is 4.74 Å². The lowest BCUT2D eigenvalue weighted by Gasteiger charge is -2.18. The lowest BCUT2D eigenvalue weighted by atomic mass is 9.93. The first kappa shape index (κ1) is 16.3. The van der Waals surface area contributed by atoms with Gasteiger partial charge < -0.3 is 4.74 Å². The highest BCUT2D eigenvalue weighted by atomic mass is 79.9. The maximum atomic E-state index is 5.13. The lowest BCUT2D eigenvalue weighted by Crippen LogP contribution is -2.01. The van der Waals surface area contributed by atoms with E-state index in [2.05, 4.69) is 73.1 Å². The molecule has 0 N–H and O–H groups in total. The topological polar surface area (TPSA) is 9.23 Å². The molecule has 1 atom stereocenters. The van der Waals surface area contributed by atoms with E-state index in [0.29, 0.717) is 0 Å². The first-order valence-corrected chi connectivity index (χ1v) is 8.24. The first-order chi connectivity index (χ1) is 10.0. The van der Waals surface area contributed by atoms with Crippen LogP contribution in [-0.4, -0.2) is 13.7 Å². The van der Waals surface area contributed by atoms with Gasteiger partial charge in [0.2, 0.25) is 0 Å². The van der Waals surface area contributed by atoms with Crippen LogP contribution in [0, 0.1) is 20.8 Å². The second-order valence-electron chi connectivity index (χ2n) is 5.66. The zero-order chi connectivity index (χ0) is 15.4. The predicted octanol–water partition coefficient (Wildman–Crippen LogP) is 5.29. The molecule has 1 nitrogen and oxygen atoms in total. The second kappa shape index (κ2) is 7.24. The standard InChI is InChI=1S/C19H23BrO/c1-13-11-14(2)18(15(3)12-13)19(20)17-7-5-16(6-8-17)9-10-21-4/h5-8,11-12,19H,9-10H2,1-4H3. The number of methoxy groups -OCH3 is 1. The van der Waals surface area contributed by atoms with E-state index in [1.54, 1.807) is 7.11 Å². The van der Waals surface area contributed by atoms with Crippen molar-refractivity contribution in [3.05, 3.63) is 69.8 Å². The Morgan fingerprint density at radius 1 is 1.00 bits per heavy atom. The number of halogens is 1. The van der Waals surface area contributed by atoms with Crippen molar-refractivity contribution >= 4 is 15.9 Å². The molecule has 1 unspecified atom stereocenters. The molecule has 0 fully saturated rings. The van der Waals surface area contributed by atoms with Crippen LogP contribution in [0.5, 0.6) is 0 Å². The molecule has 0 spiro atoms. The van der Waals surface area contributed by atoms with E-state index in [0.717, 1.165) is 13.0 Å². The normalized spacial score (nSPS) is 12.4. The van der Waals surface area contributed by atoms with Gasteiger partial charge in [-0.25, -0.2) is 0 Å². The van der Waals surface area contributed by atoms with Crippen LogP contribution in [0.15, 0.2) is 36.4 Å². The Morgan fingerprint density at radius 2 is 1.57 bits per heavy atom. The molecule has 2 aromatic rings. The highest BCUT2D eigenvalue weighted by Crippen LogP contribution is 2.35. The summed E-state index contributed by atoms with van der Waals surface area (Å²) in [6.07, 6.45) is 0.965. The van der Waals surface area contributed by atoms with Crippen LogP contribution >= 0.6 is 15.9 Å². The quantitative estimate of drug-likeness (QED) is 0.668. The molecule has 0 aromatic heterocycles. The molecule has 0 saturated heterocycles. The van der Waals surface area contributed by atoms with Gasteiger partial charge in [0, 0.05) is 7.11 Å². The third kappa shape index (κ3) is 3.96. The maximum Gasteiger partial charge on any atom is 0.0649 e. The summed E-state index contributed by atoms with van der Waals surface area (Å²) >= 11 is 3.87. The van der Waals surface area contributed by atoms with Crippen LogP contribution in [0.4, 0.5) is 0 Å². The van der Waals surface area contributed by atoms with Crippen molar-refractivity contribution in [2.45, 2.75) is 32.0 Å². The van der Waals surface area contributed by atoms with Crippen LogP contribution in [0.1, 0.15) is 38.2 Å². The Hall–Kier alpha value is -1.12. The minimum atomic E-state index is 0.245. The SMILES string of the molecule is COCCc1ccc(C(Br)c2c(C)cc(C)cc2C)cc1. The van der Waals surface area contributed by atoms with Crippen LogP contribution in [-0.2, 0) is 11.2 Å². The number of ether oxygens (including phenoxy) is 1.